The fraction of sp³-hybridized carbons (Fsp3) is 0.474. The number of aromatic nitrogens is 2. The molecule has 1 aliphatic rings. The largest absolute Gasteiger partial charge is 0.496 e. The van der Waals surface area contributed by atoms with E-state index in [1.54, 1.807) is 7.11 Å². The monoisotopic (exact) mass is 358 g/mol. The van der Waals surface area contributed by atoms with Crippen LogP contribution < -0.4 is 10.1 Å². The molecular weight excluding hydrogens is 332 g/mol. The van der Waals surface area contributed by atoms with E-state index in [-0.39, 0.29) is 18.6 Å². The molecule has 0 spiro atoms. The van der Waals surface area contributed by atoms with Gasteiger partial charge < -0.3 is 14.8 Å². The molecule has 7 heteroatoms. The summed E-state index contributed by atoms with van der Waals surface area (Å²) < 4.78 is 12.5. The summed E-state index contributed by atoms with van der Waals surface area (Å²) in [6.45, 7) is 3.04. The molecule has 0 bridgehead atoms. The number of fused-ring (bicyclic) bond motifs is 1. The number of amides is 1. The Morgan fingerprint density at radius 1 is 1.31 bits per heavy atom. The first-order valence-electron chi connectivity index (χ1n) is 8.83. The Kier molecular flexibility index (Phi) is 6.25. The van der Waals surface area contributed by atoms with Gasteiger partial charge in [-0.05, 0) is 18.6 Å². The Morgan fingerprint density at radius 2 is 2.15 bits per heavy atom. The van der Waals surface area contributed by atoms with Crippen molar-refractivity contribution in [2.45, 2.75) is 32.1 Å². The van der Waals surface area contributed by atoms with Crippen LogP contribution in [0.2, 0.25) is 0 Å². The molecule has 0 saturated carbocycles. The van der Waals surface area contributed by atoms with Crippen LogP contribution in [0.1, 0.15) is 17.7 Å². The van der Waals surface area contributed by atoms with Crippen molar-refractivity contribution in [3.05, 3.63) is 47.8 Å². The lowest BCUT2D eigenvalue weighted by Gasteiger charge is -2.30. The van der Waals surface area contributed by atoms with Crippen LogP contribution in [0.4, 0.5) is 0 Å². The molecule has 2 aromatic rings. The number of hydrogen-bond acceptors (Lipinski definition) is 5. The maximum Gasteiger partial charge on any atom is 0.246 e. The van der Waals surface area contributed by atoms with E-state index in [0.29, 0.717) is 6.54 Å². The maximum absolute atomic E-state index is 11.8. The Bertz CT molecular complexity index is 731. The van der Waals surface area contributed by atoms with Crippen LogP contribution in [0.15, 0.2) is 36.5 Å². The number of rotatable bonds is 7. The second kappa shape index (κ2) is 8.82. The number of para-hydroxylation sites is 1. The maximum atomic E-state index is 11.8. The summed E-state index contributed by atoms with van der Waals surface area (Å²) in [4.78, 5) is 14.2. The van der Waals surface area contributed by atoms with Gasteiger partial charge >= 0.3 is 0 Å². The van der Waals surface area contributed by atoms with E-state index in [1.165, 1.54) is 12.8 Å². The molecule has 1 atom stereocenters. The number of carbonyl (C=O) groups excluding carboxylic acids is 1. The van der Waals surface area contributed by atoms with Gasteiger partial charge in [0.2, 0.25) is 5.91 Å². The van der Waals surface area contributed by atoms with Gasteiger partial charge in [-0.3, -0.25) is 14.4 Å². The second-order valence-electron chi connectivity index (χ2n) is 6.44. The molecular formula is C19H26N4O3. The lowest BCUT2D eigenvalue weighted by Crippen LogP contribution is -2.43. The minimum Gasteiger partial charge on any atom is -0.496 e. The van der Waals surface area contributed by atoms with Crippen molar-refractivity contribution in [1.29, 1.82) is 0 Å². The third-order valence-corrected chi connectivity index (χ3v) is 4.74. The SMILES string of the molecule is COCC(=O)NC[C@H]1CCn2nccc2CN1Cc1ccccc1OC. The predicted octanol–water partition coefficient (Wildman–Crippen LogP) is 1.43. The van der Waals surface area contributed by atoms with Crippen LogP contribution in [0.25, 0.3) is 0 Å². The number of hydrogen-bond donors (Lipinski definition) is 1. The highest BCUT2D eigenvalue weighted by molar-refractivity contribution is 5.77. The highest BCUT2D eigenvalue weighted by Gasteiger charge is 2.25. The quantitative estimate of drug-likeness (QED) is 0.811. The lowest BCUT2D eigenvalue weighted by molar-refractivity contribution is -0.125. The smallest absolute Gasteiger partial charge is 0.246 e. The van der Waals surface area contributed by atoms with E-state index in [2.05, 4.69) is 27.4 Å². The fourth-order valence-corrected chi connectivity index (χ4v) is 3.37. The summed E-state index contributed by atoms with van der Waals surface area (Å²) in [6.07, 6.45) is 2.76. The van der Waals surface area contributed by atoms with E-state index in [4.69, 9.17) is 9.47 Å². The summed E-state index contributed by atoms with van der Waals surface area (Å²) in [6, 6.07) is 10.3. The topological polar surface area (TPSA) is 68.6 Å². The molecule has 2 heterocycles. The predicted molar refractivity (Wildman–Crippen MR) is 97.8 cm³/mol. The molecule has 1 aromatic carbocycles. The van der Waals surface area contributed by atoms with Crippen molar-refractivity contribution in [2.24, 2.45) is 0 Å². The van der Waals surface area contributed by atoms with Crippen molar-refractivity contribution in [3.63, 3.8) is 0 Å². The fourth-order valence-electron chi connectivity index (χ4n) is 3.37. The van der Waals surface area contributed by atoms with Gasteiger partial charge in [-0.2, -0.15) is 5.10 Å². The van der Waals surface area contributed by atoms with Gasteiger partial charge in [-0.25, -0.2) is 0 Å². The first-order valence-corrected chi connectivity index (χ1v) is 8.83. The third-order valence-electron chi connectivity index (χ3n) is 4.74. The summed E-state index contributed by atoms with van der Waals surface area (Å²) in [7, 11) is 3.22. The van der Waals surface area contributed by atoms with Crippen molar-refractivity contribution < 1.29 is 14.3 Å². The Morgan fingerprint density at radius 3 is 2.96 bits per heavy atom. The number of carbonyl (C=O) groups is 1. The molecule has 0 fully saturated rings. The molecule has 3 rings (SSSR count). The van der Waals surface area contributed by atoms with Gasteiger partial charge in [0.1, 0.15) is 12.4 Å². The van der Waals surface area contributed by atoms with Crippen LogP contribution in [0.5, 0.6) is 5.75 Å². The van der Waals surface area contributed by atoms with Gasteiger partial charge in [-0.1, -0.05) is 18.2 Å². The number of ether oxygens (including phenoxy) is 2. The summed E-state index contributed by atoms with van der Waals surface area (Å²) in [5, 5.41) is 7.39. The molecule has 1 aliphatic heterocycles. The molecule has 1 amide bonds. The Hall–Kier alpha value is -2.38. The van der Waals surface area contributed by atoms with Crippen LogP contribution in [-0.4, -0.2) is 54.0 Å². The van der Waals surface area contributed by atoms with Crippen molar-refractivity contribution in [2.75, 3.05) is 27.4 Å². The molecule has 0 aliphatic carbocycles. The first kappa shape index (κ1) is 18.4. The summed E-state index contributed by atoms with van der Waals surface area (Å²) in [5.41, 5.74) is 2.32. The summed E-state index contributed by atoms with van der Waals surface area (Å²) >= 11 is 0. The van der Waals surface area contributed by atoms with E-state index in [0.717, 1.165) is 37.4 Å². The van der Waals surface area contributed by atoms with Crippen molar-refractivity contribution in [1.82, 2.24) is 20.0 Å². The summed E-state index contributed by atoms with van der Waals surface area (Å²) in [5.74, 6) is 0.791. The van der Waals surface area contributed by atoms with E-state index in [9.17, 15) is 4.79 Å². The molecule has 140 valence electrons. The lowest BCUT2D eigenvalue weighted by atomic mass is 10.1. The standard InChI is InChI=1S/C19H26N4O3/c1-25-14-19(24)20-11-16-8-10-23-17(7-9-21-23)13-22(16)12-15-5-3-4-6-18(15)26-2/h3-7,9,16H,8,10-14H2,1-2H3,(H,20,24)/t16-/m1/s1. The van der Waals surface area contributed by atoms with Crippen LogP contribution >= 0.6 is 0 Å². The van der Waals surface area contributed by atoms with Crippen LogP contribution in [0.3, 0.4) is 0 Å². The number of aryl methyl sites for hydroxylation is 1. The highest BCUT2D eigenvalue weighted by Crippen LogP contribution is 2.24. The number of nitrogens with one attached hydrogen (secondary N) is 1. The minimum absolute atomic E-state index is 0.0841. The van der Waals surface area contributed by atoms with E-state index >= 15 is 0 Å². The van der Waals surface area contributed by atoms with Crippen molar-refractivity contribution in [3.8, 4) is 5.75 Å². The first-order chi connectivity index (χ1) is 12.7. The van der Waals surface area contributed by atoms with E-state index < -0.39 is 0 Å². The Balaban J connectivity index is 1.77. The van der Waals surface area contributed by atoms with Crippen LogP contribution in [-0.2, 0) is 29.2 Å². The molecule has 7 nitrogen and oxygen atoms in total. The van der Waals surface area contributed by atoms with Gasteiger partial charge in [-0.15, -0.1) is 0 Å². The second-order valence-corrected chi connectivity index (χ2v) is 6.44. The van der Waals surface area contributed by atoms with Gasteiger partial charge in [0, 0.05) is 51.1 Å². The Labute approximate surface area is 153 Å². The highest BCUT2D eigenvalue weighted by atomic mass is 16.5. The van der Waals surface area contributed by atoms with E-state index in [1.807, 2.05) is 29.1 Å². The molecule has 1 N–H and O–H groups in total. The number of methoxy groups -OCH3 is 2. The molecule has 0 radical (unpaired) electrons. The van der Waals surface area contributed by atoms with Gasteiger partial charge in [0.15, 0.2) is 0 Å². The minimum atomic E-state index is -0.0910. The van der Waals surface area contributed by atoms with Crippen molar-refractivity contribution >= 4 is 5.91 Å². The number of nitrogens with zero attached hydrogens (tertiary/aromatic N) is 3. The molecule has 26 heavy (non-hydrogen) atoms. The van der Waals surface area contributed by atoms with Gasteiger partial charge in [0.05, 0.1) is 12.8 Å². The normalized spacial score (nSPS) is 17.4. The van der Waals surface area contributed by atoms with Crippen LogP contribution in [0, 0.1) is 0 Å². The third kappa shape index (κ3) is 4.42. The van der Waals surface area contributed by atoms with Gasteiger partial charge in [0.25, 0.3) is 0 Å². The number of benzene rings is 1. The average Bonchev–Trinajstić information content (AvgIpc) is 3.02. The molecule has 1 aromatic heterocycles. The average molecular weight is 358 g/mol. The molecule has 0 saturated heterocycles. The zero-order valence-electron chi connectivity index (χ0n) is 15.4. The molecule has 0 unspecified atom stereocenters. The zero-order chi connectivity index (χ0) is 18.4. The zero-order valence-corrected chi connectivity index (χ0v) is 15.4.